The highest BCUT2D eigenvalue weighted by Gasteiger charge is 2.51. The van der Waals surface area contributed by atoms with E-state index in [0.29, 0.717) is 11.1 Å². The SMILES string of the molecule is N#Cc1ccc2c(c1)C1(c3ccccc3-c3ccccc31)c1cc(C#N)ccc1-2. The summed E-state index contributed by atoms with van der Waals surface area (Å²) in [6, 6.07) is 33.5. The Morgan fingerprint density at radius 2 is 0.897 bits per heavy atom. The number of nitrogens with zero attached hydrogens (tertiary/aromatic N) is 2. The van der Waals surface area contributed by atoms with Crippen molar-refractivity contribution in [2.45, 2.75) is 5.41 Å². The topological polar surface area (TPSA) is 47.6 Å². The van der Waals surface area contributed by atoms with Gasteiger partial charge >= 0.3 is 0 Å². The summed E-state index contributed by atoms with van der Waals surface area (Å²) in [6.45, 7) is 0. The van der Waals surface area contributed by atoms with E-state index in [9.17, 15) is 10.5 Å². The van der Waals surface area contributed by atoms with E-state index in [1.807, 2.05) is 24.3 Å². The van der Waals surface area contributed by atoms with Gasteiger partial charge in [-0.3, -0.25) is 0 Å². The van der Waals surface area contributed by atoms with Crippen molar-refractivity contribution in [2.24, 2.45) is 0 Å². The van der Waals surface area contributed by atoms with Crippen LogP contribution in [0, 0.1) is 22.7 Å². The first-order valence-corrected chi connectivity index (χ1v) is 9.58. The van der Waals surface area contributed by atoms with Gasteiger partial charge in [-0.05, 0) is 68.8 Å². The first-order valence-electron chi connectivity index (χ1n) is 9.58. The smallest absolute Gasteiger partial charge is 0.0991 e. The zero-order valence-electron chi connectivity index (χ0n) is 15.5. The zero-order chi connectivity index (χ0) is 19.6. The Hall–Kier alpha value is -4.14. The van der Waals surface area contributed by atoms with Gasteiger partial charge in [0.2, 0.25) is 0 Å². The molecule has 0 heterocycles. The summed E-state index contributed by atoms with van der Waals surface area (Å²) >= 11 is 0. The quantitative estimate of drug-likeness (QED) is 0.342. The van der Waals surface area contributed by atoms with Gasteiger partial charge in [-0.2, -0.15) is 10.5 Å². The lowest BCUT2D eigenvalue weighted by Gasteiger charge is -2.30. The molecular weight excluding hydrogens is 352 g/mol. The molecule has 0 aromatic heterocycles. The lowest BCUT2D eigenvalue weighted by atomic mass is 9.70. The fourth-order valence-corrected chi connectivity index (χ4v) is 5.28. The molecule has 4 aromatic carbocycles. The van der Waals surface area contributed by atoms with Crippen LogP contribution in [0.3, 0.4) is 0 Å². The molecule has 0 unspecified atom stereocenters. The van der Waals surface area contributed by atoms with Crippen molar-refractivity contribution in [3.8, 4) is 34.4 Å². The summed E-state index contributed by atoms with van der Waals surface area (Å²) < 4.78 is 0. The van der Waals surface area contributed by atoms with Gasteiger partial charge in [-0.15, -0.1) is 0 Å². The fourth-order valence-electron chi connectivity index (χ4n) is 5.28. The van der Waals surface area contributed by atoms with Crippen LogP contribution in [0.5, 0.6) is 0 Å². The van der Waals surface area contributed by atoms with Gasteiger partial charge in [0.1, 0.15) is 0 Å². The van der Waals surface area contributed by atoms with Crippen LogP contribution in [0.15, 0.2) is 84.9 Å². The van der Waals surface area contributed by atoms with Gasteiger partial charge in [-0.1, -0.05) is 60.7 Å². The highest BCUT2D eigenvalue weighted by Crippen LogP contribution is 2.62. The predicted octanol–water partition coefficient (Wildman–Crippen LogP) is 5.77. The standard InChI is InChI=1S/C27H14N2/c28-15-17-9-11-21-22-12-10-18(16-29)14-26(22)27(25(21)13-17)23-7-3-1-5-19(23)20-6-2-4-8-24(20)27/h1-14H. The number of nitriles is 2. The lowest BCUT2D eigenvalue weighted by Crippen LogP contribution is -2.26. The Labute approximate surface area is 168 Å². The Morgan fingerprint density at radius 1 is 0.483 bits per heavy atom. The van der Waals surface area contributed by atoms with Crippen molar-refractivity contribution < 1.29 is 0 Å². The molecule has 6 rings (SSSR count). The second-order valence-electron chi connectivity index (χ2n) is 7.59. The Kier molecular flexibility index (Phi) is 2.98. The number of benzene rings is 4. The molecule has 0 fully saturated rings. The van der Waals surface area contributed by atoms with Crippen molar-refractivity contribution in [3.05, 3.63) is 118 Å². The van der Waals surface area contributed by atoms with Crippen LogP contribution in [0.4, 0.5) is 0 Å². The maximum atomic E-state index is 9.60. The molecule has 0 bridgehead atoms. The van der Waals surface area contributed by atoms with Crippen molar-refractivity contribution in [1.82, 2.24) is 0 Å². The van der Waals surface area contributed by atoms with Crippen LogP contribution < -0.4 is 0 Å². The van der Waals surface area contributed by atoms with Crippen LogP contribution >= 0.6 is 0 Å². The Balaban J connectivity index is 1.87. The molecule has 132 valence electrons. The van der Waals surface area contributed by atoms with Crippen LogP contribution in [0.1, 0.15) is 33.4 Å². The molecular formula is C27H14N2. The van der Waals surface area contributed by atoms with Crippen LogP contribution in [0.25, 0.3) is 22.3 Å². The molecule has 29 heavy (non-hydrogen) atoms. The molecule has 2 aliphatic carbocycles. The van der Waals surface area contributed by atoms with E-state index in [0.717, 1.165) is 22.3 Å². The van der Waals surface area contributed by atoms with Gasteiger partial charge < -0.3 is 0 Å². The van der Waals surface area contributed by atoms with Gasteiger partial charge in [-0.25, -0.2) is 0 Å². The fraction of sp³-hybridized carbons (Fsp3) is 0.0370. The highest BCUT2D eigenvalue weighted by molar-refractivity contribution is 5.95. The third-order valence-corrected chi connectivity index (χ3v) is 6.35. The summed E-state index contributed by atoms with van der Waals surface area (Å²) in [7, 11) is 0. The highest BCUT2D eigenvalue weighted by atomic mass is 14.5. The van der Waals surface area contributed by atoms with Gasteiger partial charge in [0.25, 0.3) is 0 Å². The number of hydrogen-bond acceptors (Lipinski definition) is 2. The Morgan fingerprint density at radius 3 is 1.34 bits per heavy atom. The zero-order valence-corrected chi connectivity index (χ0v) is 15.5. The third kappa shape index (κ3) is 1.79. The summed E-state index contributed by atoms with van der Waals surface area (Å²) in [4.78, 5) is 0. The average Bonchev–Trinajstić information content (AvgIpc) is 3.25. The molecule has 2 nitrogen and oxygen atoms in total. The minimum atomic E-state index is -0.502. The maximum absolute atomic E-state index is 9.60. The third-order valence-electron chi connectivity index (χ3n) is 6.35. The molecule has 0 amide bonds. The minimum Gasteiger partial charge on any atom is -0.192 e. The van der Waals surface area contributed by atoms with E-state index in [2.05, 4.69) is 72.8 Å². The van der Waals surface area contributed by atoms with Crippen LogP contribution in [-0.4, -0.2) is 0 Å². The molecule has 0 N–H and O–H groups in total. The van der Waals surface area contributed by atoms with Crippen molar-refractivity contribution >= 4 is 0 Å². The Bertz CT molecular complexity index is 1320. The second kappa shape index (κ2) is 5.44. The lowest BCUT2D eigenvalue weighted by molar-refractivity contribution is 0.793. The predicted molar refractivity (Wildman–Crippen MR) is 112 cm³/mol. The monoisotopic (exact) mass is 366 g/mol. The van der Waals surface area contributed by atoms with Crippen LogP contribution in [-0.2, 0) is 5.41 Å². The molecule has 0 radical (unpaired) electrons. The average molecular weight is 366 g/mol. The molecule has 2 heteroatoms. The van der Waals surface area contributed by atoms with Crippen molar-refractivity contribution in [3.63, 3.8) is 0 Å². The largest absolute Gasteiger partial charge is 0.192 e. The van der Waals surface area contributed by atoms with Crippen molar-refractivity contribution in [1.29, 1.82) is 10.5 Å². The van der Waals surface area contributed by atoms with E-state index in [4.69, 9.17) is 0 Å². The molecule has 4 aromatic rings. The molecule has 2 aliphatic rings. The van der Waals surface area contributed by atoms with Gasteiger partial charge in [0.15, 0.2) is 0 Å². The first kappa shape index (κ1) is 15.9. The number of rotatable bonds is 0. The number of hydrogen-bond donors (Lipinski definition) is 0. The van der Waals surface area contributed by atoms with Crippen LogP contribution in [0.2, 0.25) is 0 Å². The van der Waals surface area contributed by atoms with Crippen molar-refractivity contribution in [2.75, 3.05) is 0 Å². The molecule has 0 aliphatic heterocycles. The summed E-state index contributed by atoms with van der Waals surface area (Å²) in [6.07, 6.45) is 0. The van der Waals surface area contributed by atoms with E-state index < -0.39 is 5.41 Å². The van der Waals surface area contributed by atoms with E-state index >= 15 is 0 Å². The normalized spacial score (nSPS) is 13.7. The van der Waals surface area contributed by atoms with Gasteiger partial charge in [0.05, 0.1) is 28.7 Å². The summed E-state index contributed by atoms with van der Waals surface area (Å²) in [5.74, 6) is 0. The molecule has 0 saturated heterocycles. The molecule has 1 spiro atoms. The second-order valence-corrected chi connectivity index (χ2v) is 7.59. The van der Waals surface area contributed by atoms with E-state index in [1.165, 1.54) is 22.3 Å². The number of fused-ring (bicyclic) bond motifs is 10. The van der Waals surface area contributed by atoms with E-state index in [1.54, 1.807) is 0 Å². The summed E-state index contributed by atoms with van der Waals surface area (Å²) in [5.41, 5.74) is 10.2. The minimum absolute atomic E-state index is 0.502. The summed E-state index contributed by atoms with van der Waals surface area (Å²) in [5, 5.41) is 19.2. The maximum Gasteiger partial charge on any atom is 0.0991 e. The van der Waals surface area contributed by atoms with E-state index in [-0.39, 0.29) is 0 Å². The van der Waals surface area contributed by atoms with Gasteiger partial charge in [0, 0.05) is 0 Å². The molecule has 0 atom stereocenters. The molecule has 0 saturated carbocycles. The first-order chi connectivity index (χ1) is 14.3.